The molecule has 5 aliphatic rings. The summed E-state index contributed by atoms with van der Waals surface area (Å²) in [6.07, 6.45) is 10.5. The van der Waals surface area contributed by atoms with Crippen LogP contribution in [0.5, 0.6) is 0 Å². The van der Waals surface area contributed by atoms with Crippen molar-refractivity contribution in [2.75, 3.05) is 5.32 Å². The van der Waals surface area contributed by atoms with Crippen LogP contribution in [0, 0.1) is 29.6 Å². The van der Waals surface area contributed by atoms with Gasteiger partial charge in [-0.05, 0) is 68.3 Å². The third kappa shape index (κ3) is 3.47. The van der Waals surface area contributed by atoms with Crippen LogP contribution in [0.15, 0.2) is 12.2 Å². The molecule has 160 valence electrons. The summed E-state index contributed by atoms with van der Waals surface area (Å²) in [5.74, 6) is -2.09. The van der Waals surface area contributed by atoms with Gasteiger partial charge in [-0.1, -0.05) is 19.1 Å². The summed E-state index contributed by atoms with van der Waals surface area (Å²) in [6.45, 7) is 2.22. The first kappa shape index (κ1) is 19.8. The van der Waals surface area contributed by atoms with Gasteiger partial charge in [0.25, 0.3) is 5.91 Å². The summed E-state index contributed by atoms with van der Waals surface area (Å²) in [5, 5.41) is 16.5. The zero-order valence-corrected chi connectivity index (χ0v) is 18.0. The van der Waals surface area contributed by atoms with E-state index in [9.17, 15) is 19.5 Å². The molecule has 5 aliphatic carbocycles. The van der Waals surface area contributed by atoms with Gasteiger partial charge in [-0.2, -0.15) is 0 Å². The molecule has 2 saturated carbocycles. The van der Waals surface area contributed by atoms with E-state index < -0.39 is 17.8 Å². The Balaban J connectivity index is 1.45. The number of aliphatic carboxylic acids is 1. The Kier molecular flexibility index (Phi) is 4.96. The number of nitrogens with one attached hydrogen (secondary N) is 2. The highest BCUT2D eigenvalue weighted by Crippen LogP contribution is 2.46. The van der Waals surface area contributed by atoms with Gasteiger partial charge in [0.1, 0.15) is 5.00 Å². The number of carboxylic acid groups (broad SMARTS) is 1. The first-order chi connectivity index (χ1) is 14.4. The normalized spacial score (nSPS) is 31.8. The van der Waals surface area contributed by atoms with Crippen LogP contribution < -0.4 is 10.6 Å². The lowest BCUT2D eigenvalue weighted by Crippen LogP contribution is -2.47. The molecule has 0 saturated heterocycles. The van der Waals surface area contributed by atoms with Crippen molar-refractivity contribution >= 4 is 34.1 Å². The number of rotatable bonds is 5. The van der Waals surface area contributed by atoms with E-state index in [0.717, 1.165) is 50.5 Å². The smallest absolute Gasteiger partial charge is 0.307 e. The molecule has 2 fully saturated rings. The van der Waals surface area contributed by atoms with E-state index in [-0.39, 0.29) is 29.7 Å². The van der Waals surface area contributed by atoms with Crippen LogP contribution in [0.25, 0.3) is 0 Å². The van der Waals surface area contributed by atoms with Crippen molar-refractivity contribution in [2.45, 2.75) is 57.9 Å². The standard InChI is InChI=1S/C23H28N2O4S/c1-11-2-9-15-16(10-11)30-22(19(15)21(27)24-14-7-8-14)25-20(26)17-12-3-5-13(6-4-12)18(17)23(28)29/h3,5,11-14,17-18H,2,4,6-10H2,1H3,(H,24,27)(H,25,26)(H,28,29)/t11-,12+,13+,17+,18+/m1/s1. The van der Waals surface area contributed by atoms with Gasteiger partial charge >= 0.3 is 5.97 Å². The third-order valence-electron chi connectivity index (χ3n) is 7.22. The number of anilines is 1. The van der Waals surface area contributed by atoms with Gasteiger partial charge in [0.05, 0.1) is 17.4 Å². The van der Waals surface area contributed by atoms with Crippen molar-refractivity contribution in [3.8, 4) is 0 Å². The summed E-state index contributed by atoms with van der Waals surface area (Å²) < 4.78 is 0. The highest BCUT2D eigenvalue weighted by Gasteiger charge is 2.48. The number of thiophene rings is 1. The monoisotopic (exact) mass is 428 g/mol. The lowest BCUT2D eigenvalue weighted by Gasteiger charge is -2.41. The number of allylic oxidation sites excluding steroid dienone is 2. The van der Waals surface area contributed by atoms with E-state index >= 15 is 0 Å². The predicted molar refractivity (Wildman–Crippen MR) is 115 cm³/mol. The molecule has 1 heterocycles. The van der Waals surface area contributed by atoms with Crippen LogP contribution in [0.1, 0.15) is 59.8 Å². The molecule has 1 aromatic rings. The maximum atomic E-state index is 13.3. The van der Waals surface area contributed by atoms with Gasteiger partial charge in [0, 0.05) is 10.9 Å². The zero-order valence-electron chi connectivity index (χ0n) is 17.1. The van der Waals surface area contributed by atoms with E-state index in [1.54, 1.807) is 0 Å². The average molecular weight is 429 g/mol. The van der Waals surface area contributed by atoms with Gasteiger partial charge < -0.3 is 15.7 Å². The molecule has 5 atom stereocenters. The number of carbonyl (C=O) groups excluding carboxylic acids is 2. The summed E-state index contributed by atoms with van der Waals surface area (Å²) >= 11 is 1.51. The SMILES string of the molecule is C[C@@H]1CCc2c(sc(NC(=O)[C@@H]3[C@@H](C(=O)O)[C@H]4C=C[C@H]3CC4)c2C(=O)NC2CC2)C1. The Bertz CT molecular complexity index is 932. The van der Waals surface area contributed by atoms with Crippen molar-refractivity contribution in [1.82, 2.24) is 5.32 Å². The van der Waals surface area contributed by atoms with E-state index in [0.29, 0.717) is 16.5 Å². The maximum Gasteiger partial charge on any atom is 0.307 e. The summed E-state index contributed by atoms with van der Waals surface area (Å²) in [4.78, 5) is 39.5. The van der Waals surface area contributed by atoms with Crippen LogP contribution in [0.2, 0.25) is 0 Å². The molecule has 0 aliphatic heterocycles. The molecule has 0 radical (unpaired) electrons. The minimum atomic E-state index is -0.903. The van der Waals surface area contributed by atoms with Crippen LogP contribution in [-0.4, -0.2) is 28.9 Å². The van der Waals surface area contributed by atoms with Crippen LogP contribution >= 0.6 is 11.3 Å². The molecule has 0 aromatic carbocycles. The maximum absolute atomic E-state index is 13.3. The molecule has 0 spiro atoms. The fourth-order valence-corrected chi connectivity index (χ4v) is 6.86. The second-order valence-corrected chi connectivity index (χ2v) is 10.6. The minimum absolute atomic E-state index is 0.0468. The summed E-state index contributed by atoms with van der Waals surface area (Å²) in [6, 6.07) is 0.245. The highest BCUT2D eigenvalue weighted by molar-refractivity contribution is 7.17. The number of fused-ring (bicyclic) bond motifs is 3. The second kappa shape index (κ2) is 7.52. The molecule has 2 amide bonds. The van der Waals surface area contributed by atoms with Gasteiger partial charge in [0.15, 0.2) is 0 Å². The Morgan fingerprint density at radius 1 is 1.03 bits per heavy atom. The Labute approximate surface area is 180 Å². The van der Waals surface area contributed by atoms with E-state index in [2.05, 4.69) is 17.6 Å². The molecule has 6 nitrogen and oxygen atoms in total. The Morgan fingerprint density at radius 3 is 2.37 bits per heavy atom. The predicted octanol–water partition coefficient (Wildman–Crippen LogP) is 3.62. The van der Waals surface area contributed by atoms with Crippen LogP contribution in [0.3, 0.4) is 0 Å². The fraction of sp³-hybridized carbons (Fsp3) is 0.609. The molecular formula is C23H28N2O4S. The molecule has 6 rings (SSSR count). The van der Waals surface area contributed by atoms with E-state index in [4.69, 9.17) is 0 Å². The van der Waals surface area contributed by atoms with Gasteiger partial charge in [-0.15, -0.1) is 11.3 Å². The topological polar surface area (TPSA) is 95.5 Å². The van der Waals surface area contributed by atoms with Crippen molar-refractivity contribution in [3.05, 3.63) is 28.2 Å². The summed E-state index contributed by atoms with van der Waals surface area (Å²) in [7, 11) is 0. The van der Waals surface area contributed by atoms with Crippen molar-refractivity contribution in [2.24, 2.45) is 29.6 Å². The molecule has 30 heavy (non-hydrogen) atoms. The lowest BCUT2D eigenvalue weighted by molar-refractivity contribution is -0.151. The Hall–Kier alpha value is -2.15. The quantitative estimate of drug-likeness (QED) is 0.624. The van der Waals surface area contributed by atoms with Gasteiger partial charge in [-0.25, -0.2) is 0 Å². The molecule has 0 unspecified atom stereocenters. The van der Waals surface area contributed by atoms with E-state index in [1.165, 1.54) is 16.2 Å². The van der Waals surface area contributed by atoms with Crippen LogP contribution in [0.4, 0.5) is 5.00 Å². The number of amides is 2. The first-order valence-electron chi connectivity index (χ1n) is 11.1. The van der Waals surface area contributed by atoms with Crippen molar-refractivity contribution < 1.29 is 19.5 Å². The number of carboxylic acids is 1. The molecule has 3 N–H and O–H groups in total. The lowest BCUT2D eigenvalue weighted by atomic mass is 9.62. The highest BCUT2D eigenvalue weighted by atomic mass is 32.1. The third-order valence-corrected chi connectivity index (χ3v) is 8.39. The minimum Gasteiger partial charge on any atom is -0.481 e. The molecule has 2 bridgehead atoms. The molecule has 7 heteroatoms. The van der Waals surface area contributed by atoms with Gasteiger partial charge in [-0.3, -0.25) is 14.4 Å². The fourth-order valence-electron chi connectivity index (χ4n) is 5.45. The number of hydrogen-bond donors (Lipinski definition) is 3. The van der Waals surface area contributed by atoms with Crippen molar-refractivity contribution in [3.63, 3.8) is 0 Å². The largest absolute Gasteiger partial charge is 0.481 e. The van der Waals surface area contributed by atoms with E-state index in [1.807, 2.05) is 12.2 Å². The molecular weight excluding hydrogens is 400 g/mol. The van der Waals surface area contributed by atoms with Crippen molar-refractivity contribution in [1.29, 1.82) is 0 Å². The average Bonchev–Trinajstić information content (AvgIpc) is 3.46. The summed E-state index contributed by atoms with van der Waals surface area (Å²) in [5.41, 5.74) is 1.69. The number of carbonyl (C=O) groups is 3. The zero-order chi connectivity index (χ0) is 21.0. The van der Waals surface area contributed by atoms with Gasteiger partial charge in [0.2, 0.25) is 5.91 Å². The molecule has 1 aromatic heterocycles. The number of hydrogen-bond acceptors (Lipinski definition) is 4. The first-order valence-corrected chi connectivity index (χ1v) is 11.9. The second-order valence-electron chi connectivity index (χ2n) is 9.47. The Morgan fingerprint density at radius 2 is 1.73 bits per heavy atom. The van der Waals surface area contributed by atoms with Crippen LogP contribution in [-0.2, 0) is 22.4 Å².